The van der Waals surface area contributed by atoms with E-state index in [9.17, 15) is 8.78 Å². The Morgan fingerprint density at radius 2 is 1.74 bits per heavy atom. The van der Waals surface area contributed by atoms with Gasteiger partial charge in [-0.25, -0.2) is 4.39 Å². The maximum absolute atomic E-state index is 13.5. The number of ether oxygens (including phenoxy) is 1. The fraction of sp³-hybridized carbons (Fsp3) is 0.571. The Bertz CT molecular complexity index is 414. The Balaban J connectivity index is 2.65. The van der Waals surface area contributed by atoms with E-state index in [1.807, 2.05) is 0 Å². The molecule has 0 atom stereocenters. The van der Waals surface area contributed by atoms with Crippen LogP contribution in [0.3, 0.4) is 0 Å². The van der Waals surface area contributed by atoms with Crippen LogP contribution in [0.4, 0.5) is 14.5 Å². The number of hydrogen-bond acceptors (Lipinski definition) is 3. The molecule has 108 valence electrons. The van der Waals surface area contributed by atoms with Crippen molar-refractivity contribution in [3.8, 4) is 5.75 Å². The summed E-state index contributed by atoms with van der Waals surface area (Å²) >= 11 is 0. The summed E-state index contributed by atoms with van der Waals surface area (Å²) in [7, 11) is 0. The van der Waals surface area contributed by atoms with Crippen molar-refractivity contribution in [2.75, 3.05) is 18.9 Å². The van der Waals surface area contributed by atoms with Gasteiger partial charge in [0, 0.05) is 18.6 Å². The zero-order chi connectivity index (χ0) is 14.6. The highest BCUT2D eigenvalue weighted by Crippen LogP contribution is 2.27. The van der Waals surface area contributed by atoms with Gasteiger partial charge in [0.1, 0.15) is 6.61 Å². The van der Waals surface area contributed by atoms with Crippen molar-refractivity contribution in [2.24, 2.45) is 0 Å². The normalized spacial score (nSPS) is 11.6. The summed E-state index contributed by atoms with van der Waals surface area (Å²) in [6, 6.07) is 3.01. The predicted molar refractivity (Wildman–Crippen MR) is 73.2 cm³/mol. The van der Waals surface area contributed by atoms with Crippen LogP contribution in [0, 0.1) is 11.6 Å². The van der Waals surface area contributed by atoms with Crippen molar-refractivity contribution in [3.63, 3.8) is 0 Å². The maximum Gasteiger partial charge on any atom is 0.202 e. The minimum Gasteiger partial charge on any atom is -0.487 e. The first-order valence-electron chi connectivity index (χ1n) is 6.46. The van der Waals surface area contributed by atoms with E-state index in [4.69, 9.17) is 10.5 Å². The van der Waals surface area contributed by atoms with Gasteiger partial charge in [0.25, 0.3) is 0 Å². The van der Waals surface area contributed by atoms with Crippen LogP contribution in [0.2, 0.25) is 0 Å². The number of halogens is 2. The van der Waals surface area contributed by atoms with Gasteiger partial charge in [-0.05, 0) is 39.8 Å². The highest BCUT2D eigenvalue weighted by molar-refractivity contribution is 5.53. The average Bonchev–Trinajstić information content (AvgIpc) is 2.32. The molecule has 0 saturated heterocycles. The molecule has 19 heavy (non-hydrogen) atoms. The summed E-state index contributed by atoms with van der Waals surface area (Å²) in [6.45, 7) is 9.22. The third-order valence-corrected chi connectivity index (χ3v) is 3.00. The number of rotatable bonds is 6. The Morgan fingerprint density at radius 1 is 1.16 bits per heavy atom. The van der Waals surface area contributed by atoms with Gasteiger partial charge in [-0.2, -0.15) is 4.39 Å². The third-order valence-electron chi connectivity index (χ3n) is 3.00. The molecule has 0 saturated carbocycles. The molecule has 0 aliphatic rings. The van der Waals surface area contributed by atoms with Gasteiger partial charge < -0.3 is 10.5 Å². The second kappa shape index (κ2) is 6.70. The Kier molecular flexibility index (Phi) is 5.54. The topological polar surface area (TPSA) is 38.5 Å². The van der Waals surface area contributed by atoms with E-state index in [0.717, 1.165) is 6.07 Å². The highest BCUT2D eigenvalue weighted by Gasteiger charge is 2.16. The molecule has 0 aliphatic heterocycles. The minimum atomic E-state index is -1.03. The van der Waals surface area contributed by atoms with Gasteiger partial charge in [0.05, 0.1) is 5.69 Å². The Labute approximate surface area is 113 Å². The van der Waals surface area contributed by atoms with Crippen molar-refractivity contribution in [3.05, 3.63) is 23.8 Å². The molecule has 3 nitrogen and oxygen atoms in total. The number of nitrogens with zero attached hydrogens (tertiary/aromatic N) is 1. The summed E-state index contributed by atoms with van der Waals surface area (Å²) < 4.78 is 31.9. The Morgan fingerprint density at radius 3 is 2.26 bits per heavy atom. The number of anilines is 1. The van der Waals surface area contributed by atoms with Gasteiger partial charge in [-0.1, -0.05) is 0 Å². The van der Waals surface area contributed by atoms with Crippen molar-refractivity contribution in [1.29, 1.82) is 0 Å². The van der Waals surface area contributed by atoms with Crippen LogP contribution >= 0.6 is 0 Å². The largest absolute Gasteiger partial charge is 0.487 e. The van der Waals surface area contributed by atoms with Gasteiger partial charge in [-0.3, -0.25) is 4.90 Å². The van der Waals surface area contributed by atoms with Crippen LogP contribution in [0.25, 0.3) is 0 Å². The first kappa shape index (κ1) is 15.7. The molecule has 0 heterocycles. The van der Waals surface area contributed by atoms with Crippen molar-refractivity contribution >= 4 is 5.69 Å². The Hall–Kier alpha value is -1.36. The first-order chi connectivity index (χ1) is 8.84. The summed E-state index contributed by atoms with van der Waals surface area (Å²) in [4.78, 5) is 2.20. The van der Waals surface area contributed by atoms with E-state index in [2.05, 4.69) is 32.6 Å². The monoisotopic (exact) mass is 272 g/mol. The van der Waals surface area contributed by atoms with Crippen LogP contribution < -0.4 is 10.5 Å². The summed E-state index contributed by atoms with van der Waals surface area (Å²) in [5.41, 5.74) is 5.69. The molecule has 0 radical (unpaired) electrons. The number of nitrogen functional groups attached to an aromatic ring is 1. The molecular formula is C14H22F2N2O. The molecule has 0 aromatic heterocycles. The number of hydrogen-bond donors (Lipinski definition) is 1. The lowest BCUT2D eigenvalue weighted by Gasteiger charge is -2.30. The van der Waals surface area contributed by atoms with E-state index >= 15 is 0 Å². The van der Waals surface area contributed by atoms with E-state index in [0.29, 0.717) is 18.6 Å². The molecule has 0 amide bonds. The van der Waals surface area contributed by atoms with Crippen LogP contribution in [0.5, 0.6) is 5.75 Å². The molecule has 0 bridgehead atoms. The second-order valence-corrected chi connectivity index (χ2v) is 5.05. The lowest BCUT2D eigenvalue weighted by atomic mass is 10.2. The van der Waals surface area contributed by atoms with Crippen LogP contribution in [0.15, 0.2) is 12.1 Å². The molecule has 0 unspecified atom stereocenters. The summed E-state index contributed by atoms with van der Waals surface area (Å²) in [6.07, 6.45) is 0. The molecule has 0 spiro atoms. The van der Waals surface area contributed by atoms with Crippen molar-refractivity contribution in [1.82, 2.24) is 4.90 Å². The molecule has 0 aliphatic carbocycles. The smallest absolute Gasteiger partial charge is 0.202 e. The standard InChI is InChI=1S/C14H22F2N2O/c1-9(2)18(10(3)4)7-8-19-14-12(17)6-5-11(15)13(14)16/h5-6,9-10H,7-8,17H2,1-4H3. The second-order valence-electron chi connectivity index (χ2n) is 5.05. The van der Waals surface area contributed by atoms with Crippen molar-refractivity contribution in [2.45, 2.75) is 39.8 Å². The van der Waals surface area contributed by atoms with Gasteiger partial charge >= 0.3 is 0 Å². The van der Waals surface area contributed by atoms with Crippen molar-refractivity contribution < 1.29 is 13.5 Å². The molecule has 5 heteroatoms. The van der Waals surface area contributed by atoms with Crippen LogP contribution in [-0.4, -0.2) is 30.1 Å². The number of benzene rings is 1. The van der Waals surface area contributed by atoms with Gasteiger partial charge in [-0.15, -0.1) is 0 Å². The average molecular weight is 272 g/mol. The third kappa shape index (κ3) is 4.06. The van der Waals surface area contributed by atoms with Gasteiger partial charge in [0.2, 0.25) is 5.82 Å². The number of nitrogens with two attached hydrogens (primary N) is 1. The molecule has 2 N–H and O–H groups in total. The zero-order valence-electron chi connectivity index (χ0n) is 11.9. The lowest BCUT2D eigenvalue weighted by molar-refractivity contribution is 0.140. The summed E-state index contributed by atoms with van der Waals surface area (Å²) in [5.74, 6) is -2.18. The molecule has 1 aromatic rings. The van der Waals surface area contributed by atoms with Crippen LogP contribution in [0.1, 0.15) is 27.7 Å². The van der Waals surface area contributed by atoms with Crippen LogP contribution in [-0.2, 0) is 0 Å². The fourth-order valence-electron chi connectivity index (χ4n) is 2.06. The first-order valence-corrected chi connectivity index (χ1v) is 6.46. The van der Waals surface area contributed by atoms with E-state index in [1.165, 1.54) is 6.07 Å². The molecular weight excluding hydrogens is 250 g/mol. The zero-order valence-corrected chi connectivity index (χ0v) is 11.9. The summed E-state index contributed by atoms with van der Waals surface area (Å²) in [5, 5.41) is 0. The highest BCUT2D eigenvalue weighted by atomic mass is 19.2. The van der Waals surface area contributed by atoms with Gasteiger partial charge in [0.15, 0.2) is 11.6 Å². The van der Waals surface area contributed by atoms with E-state index < -0.39 is 11.6 Å². The quantitative estimate of drug-likeness (QED) is 0.809. The SMILES string of the molecule is CC(C)N(CCOc1c(N)ccc(F)c1F)C(C)C. The maximum atomic E-state index is 13.5. The predicted octanol–water partition coefficient (Wildman–Crippen LogP) is 3.04. The van der Waals surface area contributed by atoms with E-state index in [1.54, 1.807) is 0 Å². The lowest BCUT2D eigenvalue weighted by Crippen LogP contribution is -2.39. The van der Waals surface area contributed by atoms with E-state index in [-0.39, 0.29) is 18.0 Å². The molecule has 1 aromatic carbocycles. The molecule has 1 rings (SSSR count). The minimum absolute atomic E-state index is 0.111. The molecule has 0 fully saturated rings. The fourth-order valence-corrected chi connectivity index (χ4v) is 2.06.